The zero-order valence-electron chi connectivity index (χ0n) is 21.7. The Kier molecular flexibility index (Phi) is 6.49. The molecule has 5 rings (SSSR count). The first-order valence-corrected chi connectivity index (χ1v) is 13.0. The van der Waals surface area contributed by atoms with E-state index in [4.69, 9.17) is 14.7 Å². The molecule has 0 saturated carbocycles. The highest BCUT2D eigenvalue weighted by molar-refractivity contribution is 5.70. The van der Waals surface area contributed by atoms with E-state index >= 15 is 0 Å². The van der Waals surface area contributed by atoms with E-state index < -0.39 is 5.60 Å². The third-order valence-corrected chi connectivity index (χ3v) is 6.90. The molecule has 9 heteroatoms. The Hall–Kier alpha value is -3.36. The maximum Gasteiger partial charge on any atom is 0.410 e. The standard InChI is InChI=1S/C27H36N6O3/c1-5-13-32-24-21(23-28-20(17-33(23)25(32)34)16-18-9-7-6-8-10-18)29-22(30-24)19-11-14-31(15-12-19)26(35)36-27(2,3)4/h6-10,19-20,28H,5,11-17H2,1-4H3/t20-/m1/s1. The van der Waals surface area contributed by atoms with Gasteiger partial charge in [-0.1, -0.05) is 37.3 Å². The summed E-state index contributed by atoms with van der Waals surface area (Å²) in [7, 11) is 0. The Labute approximate surface area is 211 Å². The molecule has 1 fully saturated rings. The number of nitrogens with zero attached hydrogens (tertiary/aromatic N) is 5. The molecule has 1 atom stereocenters. The topological polar surface area (TPSA) is 94.3 Å². The summed E-state index contributed by atoms with van der Waals surface area (Å²) in [6.45, 7) is 10.1. The normalized spacial score (nSPS) is 18.3. The second kappa shape index (κ2) is 9.59. The van der Waals surface area contributed by atoms with E-state index in [1.165, 1.54) is 5.56 Å². The third kappa shape index (κ3) is 4.83. The number of hydrogen-bond donors (Lipinski definition) is 1. The Morgan fingerprint density at radius 3 is 2.53 bits per heavy atom. The molecule has 1 aromatic rings. The van der Waals surface area contributed by atoms with Crippen LogP contribution in [-0.4, -0.2) is 54.8 Å². The molecular formula is C27H36N6O3. The number of imidazole rings is 1. The molecule has 0 unspecified atom stereocenters. The lowest BCUT2D eigenvalue weighted by Crippen LogP contribution is -2.41. The summed E-state index contributed by atoms with van der Waals surface area (Å²) in [5.41, 5.74) is 1.46. The van der Waals surface area contributed by atoms with Crippen LogP contribution in [0.15, 0.2) is 35.1 Å². The third-order valence-electron chi connectivity index (χ3n) is 6.90. The lowest BCUT2D eigenvalue weighted by Gasteiger charge is -2.32. The molecule has 1 N–H and O–H groups in total. The molecule has 0 radical (unpaired) electrons. The van der Waals surface area contributed by atoms with Gasteiger partial charge in [0.15, 0.2) is 5.82 Å². The predicted molar refractivity (Wildman–Crippen MR) is 139 cm³/mol. The maximum atomic E-state index is 13.4. The Balaban J connectivity index is 1.39. The van der Waals surface area contributed by atoms with Crippen molar-refractivity contribution in [3.63, 3.8) is 0 Å². The van der Waals surface area contributed by atoms with Gasteiger partial charge in [-0.3, -0.25) is 9.13 Å². The van der Waals surface area contributed by atoms with Crippen LogP contribution in [-0.2, 0) is 24.2 Å². The van der Waals surface area contributed by atoms with Crippen LogP contribution >= 0.6 is 0 Å². The number of carbonyl (C=O) groups excluding carboxylic acids is 1. The zero-order valence-corrected chi connectivity index (χ0v) is 21.7. The van der Waals surface area contributed by atoms with Crippen molar-refractivity contribution in [3.8, 4) is 11.5 Å². The fraction of sp³-hybridized carbons (Fsp3) is 0.556. The summed E-state index contributed by atoms with van der Waals surface area (Å²) in [5.74, 6) is 2.34. The van der Waals surface area contributed by atoms with E-state index in [0.29, 0.717) is 32.0 Å². The van der Waals surface area contributed by atoms with E-state index in [0.717, 1.165) is 43.0 Å². The van der Waals surface area contributed by atoms with Gasteiger partial charge in [-0.25, -0.2) is 19.6 Å². The van der Waals surface area contributed by atoms with Crippen molar-refractivity contribution in [1.82, 2.24) is 24.0 Å². The first-order chi connectivity index (χ1) is 17.2. The van der Waals surface area contributed by atoms with Gasteiger partial charge in [-0.15, -0.1) is 0 Å². The van der Waals surface area contributed by atoms with Gasteiger partial charge in [0, 0.05) is 38.1 Å². The van der Waals surface area contributed by atoms with Crippen LogP contribution in [0, 0.1) is 0 Å². The van der Waals surface area contributed by atoms with Crippen LogP contribution in [0.3, 0.4) is 0 Å². The Morgan fingerprint density at radius 1 is 1.14 bits per heavy atom. The first-order valence-electron chi connectivity index (χ1n) is 13.0. The lowest BCUT2D eigenvalue weighted by atomic mass is 9.96. The van der Waals surface area contributed by atoms with Crippen LogP contribution < -0.4 is 11.0 Å². The number of fused-ring (bicyclic) bond motifs is 3. The quantitative estimate of drug-likeness (QED) is 0.576. The highest BCUT2D eigenvalue weighted by Crippen LogP contribution is 2.35. The van der Waals surface area contributed by atoms with Crippen LogP contribution in [0.1, 0.15) is 64.3 Å². The number of rotatable bonds is 5. The minimum Gasteiger partial charge on any atom is -0.444 e. The van der Waals surface area contributed by atoms with Gasteiger partial charge < -0.3 is 15.0 Å². The molecule has 1 saturated heterocycles. The SMILES string of the molecule is CCCn1c2nc(C3CCN(C(=O)OC(C)(C)C)CC3)nc-2c2n(c1=O)C[C@@H](Cc1ccccc1)N2. The number of benzene rings is 1. The molecule has 9 nitrogen and oxygen atoms in total. The smallest absolute Gasteiger partial charge is 0.410 e. The number of anilines is 1. The number of nitrogens with one attached hydrogen (secondary N) is 1. The van der Waals surface area contributed by atoms with Crippen molar-refractivity contribution < 1.29 is 9.53 Å². The molecule has 192 valence electrons. The van der Waals surface area contributed by atoms with Crippen molar-refractivity contribution in [2.45, 2.75) is 84.0 Å². The Morgan fingerprint density at radius 2 is 1.86 bits per heavy atom. The van der Waals surface area contributed by atoms with Crippen molar-refractivity contribution in [2.24, 2.45) is 0 Å². The van der Waals surface area contributed by atoms with Crippen molar-refractivity contribution in [3.05, 3.63) is 52.2 Å². The molecule has 1 aromatic carbocycles. The monoisotopic (exact) mass is 492 g/mol. The van der Waals surface area contributed by atoms with Gasteiger partial charge in [-0.2, -0.15) is 0 Å². The summed E-state index contributed by atoms with van der Waals surface area (Å²) in [4.78, 5) is 37.5. The van der Waals surface area contributed by atoms with Gasteiger partial charge in [0.05, 0.1) is 0 Å². The predicted octanol–water partition coefficient (Wildman–Crippen LogP) is 4.11. The van der Waals surface area contributed by atoms with Crippen molar-refractivity contribution >= 4 is 11.9 Å². The second-order valence-electron chi connectivity index (χ2n) is 10.9. The van der Waals surface area contributed by atoms with Gasteiger partial charge >= 0.3 is 11.8 Å². The second-order valence-corrected chi connectivity index (χ2v) is 10.9. The molecule has 1 amide bonds. The number of ether oxygens (including phenoxy) is 1. The highest BCUT2D eigenvalue weighted by Gasteiger charge is 2.34. The summed E-state index contributed by atoms with van der Waals surface area (Å²) in [6, 6.07) is 10.5. The number of likely N-dealkylation sites (tertiary alicyclic amines) is 1. The molecule has 0 aliphatic carbocycles. The molecule has 4 aliphatic rings. The summed E-state index contributed by atoms with van der Waals surface area (Å²) < 4.78 is 9.14. The van der Waals surface area contributed by atoms with E-state index in [9.17, 15) is 9.59 Å². The fourth-order valence-electron chi connectivity index (χ4n) is 5.20. The van der Waals surface area contributed by atoms with Gasteiger partial charge in [0.1, 0.15) is 22.9 Å². The van der Waals surface area contributed by atoms with Gasteiger partial charge in [0.25, 0.3) is 0 Å². The lowest BCUT2D eigenvalue weighted by molar-refractivity contribution is 0.0203. The average molecular weight is 493 g/mol. The minimum absolute atomic E-state index is 0.0337. The average Bonchev–Trinajstić information content (AvgIpc) is 3.46. The van der Waals surface area contributed by atoms with E-state index in [1.807, 2.05) is 43.5 Å². The minimum atomic E-state index is -0.507. The zero-order chi connectivity index (χ0) is 25.4. The maximum absolute atomic E-state index is 13.4. The number of aromatic nitrogens is 4. The number of carbonyl (C=O) groups is 1. The van der Waals surface area contributed by atoms with Gasteiger partial charge in [-0.05, 0) is 52.0 Å². The highest BCUT2D eigenvalue weighted by atomic mass is 16.6. The van der Waals surface area contributed by atoms with Crippen LogP contribution in [0.5, 0.6) is 0 Å². The first kappa shape index (κ1) is 24.3. The summed E-state index contributed by atoms with van der Waals surface area (Å²) >= 11 is 0. The molecule has 0 bridgehead atoms. The Bertz CT molecular complexity index is 1250. The molecule has 0 aromatic heterocycles. The van der Waals surface area contributed by atoms with E-state index in [-0.39, 0.29) is 23.7 Å². The fourth-order valence-corrected chi connectivity index (χ4v) is 5.20. The van der Waals surface area contributed by atoms with Crippen LogP contribution in [0.25, 0.3) is 11.5 Å². The number of amides is 1. The summed E-state index contributed by atoms with van der Waals surface area (Å²) in [5, 5.41) is 3.57. The largest absolute Gasteiger partial charge is 0.444 e. The molecule has 4 heterocycles. The van der Waals surface area contributed by atoms with E-state index in [1.54, 1.807) is 9.47 Å². The molecular weight excluding hydrogens is 456 g/mol. The molecule has 4 aliphatic heterocycles. The van der Waals surface area contributed by atoms with Crippen LogP contribution in [0.2, 0.25) is 0 Å². The number of piperidine rings is 1. The van der Waals surface area contributed by atoms with Crippen molar-refractivity contribution in [1.29, 1.82) is 0 Å². The van der Waals surface area contributed by atoms with E-state index in [2.05, 4.69) is 24.4 Å². The molecule has 36 heavy (non-hydrogen) atoms. The van der Waals surface area contributed by atoms with Crippen LogP contribution in [0.4, 0.5) is 10.6 Å². The van der Waals surface area contributed by atoms with Crippen molar-refractivity contribution in [2.75, 3.05) is 18.4 Å². The van der Waals surface area contributed by atoms with Gasteiger partial charge in [0.2, 0.25) is 0 Å². The molecule has 0 spiro atoms. The summed E-state index contributed by atoms with van der Waals surface area (Å²) in [6.07, 6.45) is 2.95. The number of hydrogen-bond acceptors (Lipinski definition) is 6.